The average Bonchev–Trinajstić information content (AvgIpc) is 2.42. The van der Waals surface area contributed by atoms with Gasteiger partial charge in [0.15, 0.2) is 0 Å². The highest BCUT2D eigenvalue weighted by Gasteiger charge is 2.12. The molecule has 88 valence electrons. The molecule has 2 aromatic carbocycles. The second-order valence-electron chi connectivity index (χ2n) is 4.16. The Balaban J connectivity index is 2.26. The molecule has 0 heterocycles. The predicted molar refractivity (Wildman–Crippen MR) is 75.2 cm³/mol. The van der Waals surface area contributed by atoms with Gasteiger partial charge in [-0.3, -0.25) is 0 Å². The monoisotopic (exact) mass is 242 g/mol. The smallest absolute Gasteiger partial charge is 0.145 e. The molecule has 0 bridgehead atoms. The van der Waals surface area contributed by atoms with Crippen molar-refractivity contribution in [1.29, 1.82) is 0 Å². The zero-order valence-electron chi connectivity index (χ0n) is 10.2. The fraction of sp³-hybridized carbons (Fsp3) is 0.200. The largest absolute Gasteiger partial charge is 0.428 e. The lowest BCUT2D eigenvalue weighted by molar-refractivity contribution is 0.332. The maximum Gasteiger partial charge on any atom is 0.145 e. The summed E-state index contributed by atoms with van der Waals surface area (Å²) in [7, 11) is 0.819. The molecule has 0 fully saturated rings. The first-order valence-electron chi connectivity index (χ1n) is 6.00. The first-order chi connectivity index (χ1) is 8.42. The normalized spacial score (nSPS) is 10.9. The van der Waals surface area contributed by atoms with Crippen LogP contribution in [0.15, 0.2) is 60.7 Å². The van der Waals surface area contributed by atoms with Crippen molar-refractivity contribution in [1.82, 2.24) is 0 Å². The Bertz CT molecular complexity index is 388. The molecule has 17 heavy (non-hydrogen) atoms. The van der Waals surface area contributed by atoms with Gasteiger partial charge >= 0.3 is 0 Å². The van der Waals surface area contributed by atoms with E-state index in [2.05, 4.69) is 60.7 Å². The second-order valence-corrected chi connectivity index (χ2v) is 4.73. The summed E-state index contributed by atoms with van der Waals surface area (Å²) in [6.45, 7) is 0.848. The predicted octanol–water partition coefficient (Wildman–Crippen LogP) is 2.51. The van der Waals surface area contributed by atoms with Gasteiger partial charge in [0.05, 0.1) is 0 Å². The standard InChI is InChI=1S/C15H18OSi/c17-16-12-11-15(13-7-3-1-4-8-13)14-9-5-2-6-10-14/h1-10,15H,11-12H2,17H3. The fourth-order valence-corrected chi connectivity index (χ4v) is 2.37. The summed E-state index contributed by atoms with van der Waals surface area (Å²) < 4.78 is 5.35. The van der Waals surface area contributed by atoms with E-state index >= 15 is 0 Å². The molecule has 1 nitrogen and oxygen atoms in total. The summed E-state index contributed by atoms with van der Waals surface area (Å²) in [5.41, 5.74) is 2.75. The molecule has 0 aliphatic rings. The van der Waals surface area contributed by atoms with Gasteiger partial charge < -0.3 is 4.43 Å². The molecule has 0 saturated carbocycles. The van der Waals surface area contributed by atoms with Crippen molar-refractivity contribution in [2.45, 2.75) is 12.3 Å². The lowest BCUT2D eigenvalue weighted by Gasteiger charge is -2.17. The number of rotatable bonds is 5. The maximum absolute atomic E-state index is 5.35. The Hall–Kier alpha value is -1.38. The first kappa shape index (κ1) is 12.1. The van der Waals surface area contributed by atoms with Gasteiger partial charge in [-0.1, -0.05) is 60.7 Å². The van der Waals surface area contributed by atoms with Gasteiger partial charge in [-0.25, -0.2) is 0 Å². The van der Waals surface area contributed by atoms with E-state index in [1.54, 1.807) is 0 Å². The van der Waals surface area contributed by atoms with Crippen LogP contribution in [0.2, 0.25) is 0 Å². The molecule has 0 radical (unpaired) electrons. The average molecular weight is 242 g/mol. The van der Waals surface area contributed by atoms with Crippen LogP contribution in [0.1, 0.15) is 23.5 Å². The second kappa shape index (κ2) is 6.38. The molecule has 2 aromatic rings. The van der Waals surface area contributed by atoms with E-state index in [4.69, 9.17) is 4.43 Å². The van der Waals surface area contributed by atoms with Crippen LogP contribution < -0.4 is 0 Å². The van der Waals surface area contributed by atoms with Gasteiger partial charge in [0.25, 0.3) is 0 Å². The van der Waals surface area contributed by atoms with Crippen molar-refractivity contribution in [3.8, 4) is 0 Å². The van der Waals surface area contributed by atoms with Crippen molar-refractivity contribution in [2.24, 2.45) is 0 Å². The van der Waals surface area contributed by atoms with Crippen LogP contribution in [-0.2, 0) is 4.43 Å². The highest BCUT2D eigenvalue weighted by atomic mass is 28.2. The SMILES string of the molecule is [SiH3]OCCC(c1ccccc1)c1ccccc1. The fourth-order valence-electron chi connectivity index (χ4n) is 2.13. The van der Waals surface area contributed by atoms with E-state index in [-0.39, 0.29) is 0 Å². The third-order valence-electron chi connectivity index (χ3n) is 3.01. The van der Waals surface area contributed by atoms with Gasteiger partial charge in [-0.15, -0.1) is 0 Å². The lowest BCUT2D eigenvalue weighted by Crippen LogP contribution is -2.04. The molecule has 0 aromatic heterocycles. The minimum absolute atomic E-state index is 0.450. The van der Waals surface area contributed by atoms with Gasteiger partial charge in [-0.05, 0) is 17.5 Å². The Morgan fingerprint density at radius 3 is 1.71 bits per heavy atom. The molecule has 0 saturated heterocycles. The van der Waals surface area contributed by atoms with Crippen LogP contribution in [0.4, 0.5) is 0 Å². The molecule has 0 amide bonds. The van der Waals surface area contributed by atoms with Crippen LogP contribution in [-0.4, -0.2) is 17.1 Å². The minimum Gasteiger partial charge on any atom is -0.428 e. The summed E-state index contributed by atoms with van der Waals surface area (Å²) in [4.78, 5) is 0. The third-order valence-corrected chi connectivity index (χ3v) is 3.42. The summed E-state index contributed by atoms with van der Waals surface area (Å²) in [6, 6.07) is 21.3. The van der Waals surface area contributed by atoms with Crippen LogP contribution in [0.3, 0.4) is 0 Å². The highest BCUT2D eigenvalue weighted by Crippen LogP contribution is 2.27. The Labute approximate surface area is 106 Å². The minimum atomic E-state index is 0.450. The summed E-state index contributed by atoms with van der Waals surface area (Å²) in [5, 5.41) is 0. The molecule has 2 rings (SSSR count). The number of hydrogen-bond donors (Lipinski definition) is 0. The highest BCUT2D eigenvalue weighted by molar-refractivity contribution is 5.97. The zero-order chi connectivity index (χ0) is 11.9. The van der Waals surface area contributed by atoms with E-state index in [0.717, 1.165) is 23.5 Å². The van der Waals surface area contributed by atoms with E-state index in [0.29, 0.717) is 5.92 Å². The van der Waals surface area contributed by atoms with E-state index in [1.807, 2.05) is 0 Å². The van der Waals surface area contributed by atoms with Gasteiger partial charge in [-0.2, -0.15) is 0 Å². The van der Waals surface area contributed by atoms with Crippen LogP contribution >= 0.6 is 0 Å². The van der Waals surface area contributed by atoms with Crippen molar-refractivity contribution >= 4 is 10.5 Å². The molecule has 0 N–H and O–H groups in total. The maximum atomic E-state index is 5.35. The van der Waals surface area contributed by atoms with E-state index < -0.39 is 0 Å². The third kappa shape index (κ3) is 3.28. The summed E-state index contributed by atoms with van der Waals surface area (Å²) in [6.07, 6.45) is 1.05. The molecule has 0 aliphatic heterocycles. The Morgan fingerprint density at radius 2 is 1.29 bits per heavy atom. The number of benzene rings is 2. The Morgan fingerprint density at radius 1 is 0.824 bits per heavy atom. The topological polar surface area (TPSA) is 9.23 Å². The van der Waals surface area contributed by atoms with E-state index in [9.17, 15) is 0 Å². The van der Waals surface area contributed by atoms with E-state index in [1.165, 1.54) is 11.1 Å². The molecule has 0 unspecified atom stereocenters. The van der Waals surface area contributed by atoms with Crippen molar-refractivity contribution in [2.75, 3.05) is 6.61 Å². The molecular weight excluding hydrogens is 224 g/mol. The zero-order valence-corrected chi connectivity index (χ0v) is 12.2. The van der Waals surface area contributed by atoms with Gasteiger partial charge in [0.2, 0.25) is 0 Å². The summed E-state index contributed by atoms with van der Waals surface area (Å²) >= 11 is 0. The van der Waals surface area contributed by atoms with Crippen molar-refractivity contribution in [3.63, 3.8) is 0 Å². The first-order valence-corrected chi connectivity index (χ1v) is 6.82. The van der Waals surface area contributed by atoms with Crippen molar-refractivity contribution in [3.05, 3.63) is 71.8 Å². The van der Waals surface area contributed by atoms with Crippen molar-refractivity contribution < 1.29 is 4.43 Å². The lowest BCUT2D eigenvalue weighted by atomic mass is 9.89. The van der Waals surface area contributed by atoms with Gasteiger partial charge in [0, 0.05) is 12.5 Å². The quantitative estimate of drug-likeness (QED) is 0.732. The molecular formula is C15H18OSi. The van der Waals surface area contributed by atoms with Gasteiger partial charge in [0.1, 0.15) is 10.5 Å². The van der Waals surface area contributed by atoms with Crippen LogP contribution in [0.25, 0.3) is 0 Å². The molecule has 0 spiro atoms. The molecule has 0 aliphatic carbocycles. The van der Waals surface area contributed by atoms with Crippen LogP contribution in [0, 0.1) is 0 Å². The molecule has 2 heteroatoms. The summed E-state index contributed by atoms with van der Waals surface area (Å²) in [5.74, 6) is 0.450. The molecule has 0 atom stereocenters. The van der Waals surface area contributed by atoms with Crippen LogP contribution in [0.5, 0.6) is 0 Å². The number of hydrogen-bond acceptors (Lipinski definition) is 1. The Kier molecular flexibility index (Phi) is 4.53.